The molecule has 1 aromatic carbocycles. The molecular formula is C11H13FN2O5S. The highest BCUT2D eigenvalue weighted by Crippen LogP contribution is 2.25. The van der Waals surface area contributed by atoms with Crippen LogP contribution in [0.4, 0.5) is 10.1 Å². The summed E-state index contributed by atoms with van der Waals surface area (Å²) in [6, 6.07) is 2.49. The van der Waals surface area contributed by atoms with E-state index in [0.717, 1.165) is 22.5 Å². The monoisotopic (exact) mass is 304 g/mol. The Balaban J connectivity index is 2.35. The topological polar surface area (TPSA) is 101 Å². The number of piperidine rings is 1. The Morgan fingerprint density at radius 2 is 1.95 bits per heavy atom. The van der Waals surface area contributed by atoms with Crippen molar-refractivity contribution in [3.63, 3.8) is 0 Å². The van der Waals surface area contributed by atoms with E-state index in [-0.39, 0.29) is 18.0 Å². The molecule has 1 fully saturated rings. The molecule has 1 N–H and O–H groups in total. The Kier molecular flexibility index (Phi) is 4.02. The van der Waals surface area contributed by atoms with E-state index in [1.165, 1.54) is 0 Å². The molecule has 1 aromatic rings. The van der Waals surface area contributed by atoms with Crippen LogP contribution in [0.25, 0.3) is 0 Å². The van der Waals surface area contributed by atoms with E-state index >= 15 is 0 Å². The molecule has 1 aliphatic heterocycles. The zero-order valence-electron chi connectivity index (χ0n) is 10.4. The summed E-state index contributed by atoms with van der Waals surface area (Å²) in [6.45, 7) is 0.267. The third-order valence-electron chi connectivity index (χ3n) is 3.18. The number of nitro benzene ring substituents is 1. The molecule has 20 heavy (non-hydrogen) atoms. The first-order chi connectivity index (χ1) is 9.32. The molecule has 1 saturated heterocycles. The minimum atomic E-state index is -3.91. The van der Waals surface area contributed by atoms with Gasteiger partial charge in [0.25, 0.3) is 0 Å². The van der Waals surface area contributed by atoms with Gasteiger partial charge >= 0.3 is 5.69 Å². The van der Waals surface area contributed by atoms with Gasteiger partial charge in [0.15, 0.2) is 0 Å². The van der Waals surface area contributed by atoms with Crippen molar-refractivity contribution in [3.05, 3.63) is 34.1 Å². The van der Waals surface area contributed by atoms with Gasteiger partial charge in [0.1, 0.15) is 0 Å². The summed E-state index contributed by atoms with van der Waals surface area (Å²) in [5.74, 6) is -1.08. The molecule has 2 rings (SSSR count). The van der Waals surface area contributed by atoms with Gasteiger partial charge in [0.2, 0.25) is 15.8 Å². The van der Waals surface area contributed by atoms with E-state index in [4.69, 9.17) is 0 Å². The molecule has 0 unspecified atom stereocenters. The molecule has 0 saturated carbocycles. The van der Waals surface area contributed by atoms with Gasteiger partial charge in [-0.15, -0.1) is 0 Å². The maximum absolute atomic E-state index is 13.2. The van der Waals surface area contributed by atoms with Crippen LogP contribution >= 0.6 is 0 Å². The quantitative estimate of drug-likeness (QED) is 0.660. The Morgan fingerprint density at radius 3 is 2.50 bits per heavy atom. The Morgan fingerprint density at radius 1 is 1.35 bits per heavy atom. The molecule has 0 radical (unpaired) electrons. The van der Waals surface area contributed by atoms with Crippen molar-refractivity contribution in [2.75, 3.05) is 13.1 Å². The van der Waals surface area contributed by atoms with E-state index in [1.807, 2.05) is 0 Å². The minimum Gasteiger partial charge on any atom is -0.393 e. The molecule has 0 atom stereocenters. The maximum Gasteiger partial charge on any atom is 0.306 e. The van der Waals surface area contributed by atoms with Crippen LogP contribution in [0.5, 0.6) is 0 Å². The number of halogens is 1. The number of nitrogens with zero attached hydrogens (tertiary/aromatic N) is 2. The van der Waals surface area contributed by atoms with Gasteiger partial charge in [-0.05, 0) is 25.0 Å². The van der Waals surface area contributed by atoms with Crippen molar-refractivity contribution < 1.29 is 22.8 Å². The zero-order chi connectivity index (χ0) is 14.9. The van der Waals surface area contributed by atoms with Crippen LogP contribution in [0.2, 0.25) is 0 Å². The summed E-state index contributed by atoms with van der Waals surface area (Å²) in [5.41, 5.74) is -0.872. The van der Waals surface area contributed by atoms with E-state index < -0.39 is 32.6 Å². The Hall–Kier alpha value is -1.58. The molecule has 7 nitrogen and oxygen atoms in total. The smallest absolute Gasteiger partial charge is 0.306 e. The van der Waals surface area contributed by atoms with Gasteiger partial charge in [-0.2, -0.15) is 8.70 Å². The lowest BCUT2D eigenvalue weighted by atomic mass is 10.1. The summed E-state index contributed by atoms with van der Waals surface area (Å²) < 4.78 is 38.9. The second kappa shape index (κ2) is 5.43. The highest BCUT2D eigenvalue weighted by molar-refractivity contribution is 7.89. The zero-order valence-corrected chi connectivity index (χ0v) is 11.2. The number of sulfonamides is 1. The lowest BCUT2D eigenvalue weighted by Crippen LogP contribution is -2.40. The SMILES string of the molecule is O=[N+]([O-])c1cc(S(=O)(=O)N2CCC(O)CC2)ccc1F. The number of aliphatic hydroxyl groups excluding tert-OH is 1. The van der Waals surface area contributed by atoms with Crippen LogP contribution in [0.1, 0.15) is 12.8 Å². The number of aliphatic hydroxyl groups is 1. The van der Waals surface area contributed by atoms with E-state index in [0.29, 0.717) is 12.8 Å². The number of nitro groups is 1. The molecule has 0 aromatic heterocycles. The van der Waals surface area contributed by atoms with Crippen molar-refractivity contribution in [2.45, 2.75) is 23.8 Å². The molecule has 0 spiro atoms. The number of hydrogen-bond donors (Lipinski definition) is 1. The van der Waals surface area contributed by atoms with Crippen molar-refractivity contribution in [1.82, 2.24) is 4.31 Å². The molecule has 110 valence electrons. The number of rotatable bonds is 3. The van der Waals surface area contributed by atoms with Gasteiger partial charge < -0.3 is 5.11 Å². The Bertz CT molecular complexity index is 626. The summed E-state index contributed by atoms with van der Waals surface area (Å²) in [7, 11) is -3.91. The number of benzene rings is 1. The first-order valence-electron chi connectivity index (χ1n) is 5.94. The lowest BCUT2D eigenvalue weighted by Gasteiger charge is -2.28. The molecule has 0 amide bonds. The summed E-state index contributed by atoms with van der Waals surface area (Å²) in [4.78, 5) is 9.36. The van der Waals surface area contributed by atoms with Gasteiger partial charge in [-0.3, -0.25) is 10.1 Å². The van der Waals surface area contributed by atoms with Crippen molar-refractivity contribution in [1.29, 1.82) is 0 Å². The highest BCUT2D eigenvalue weighted by atomic mass is 32.2. The standard InChI is InChI=1S/C11H13FN2O5S/c12-10-2-1-9(7-11(10)14(16)17)20(18,19)13-5-3-8(15)4-6-13/h1-2,7-8,15H,3-6H2. The molecule has 0 aliphatic carbocycles. The fourth-order valence-corrected chi connectivity index (χ4v) is 3.51. The van der Waals surface area contributed by atoms with Crippen LogP contribution in [-0.2, 0) is 10.0 Å². The van der Waals surface area contributed by atoms with Crippen molar-refractivity contribution in [2.24, 2.45) is 0 Å². The van der Waals surface area contributed by atoms with Gasteiger partial charge in [-0.1, -0.05) is 0 Å². The summed E-state index contributed by atoms with van der Waals surface area (Å²) in [6.07, 6.45) is 0.0781. The van der Waals surface area contributed by atoms with Crippen molar-refractivity contribution >= 4 is 15.7 Å². The molecule has 0 bridgehead atoms. The van der Waals surface area contributed by atoms with Crippen LogP contribution in [0, 0.1) is 15.9 Å². The van der Waals surface area contributed by atoms with Crippen LogP contribution in [0.15, 0.2) is 23.1 Å². The minimum absolute atomic E-state index is 0.134. The third-order valence-corrected chi connectivity index (χ3v) is 5.07. The predicted octanol–water partition coefficient (Wildman–Crippen LogP) is 0.879. The van der Waals surface area contributed by atoms with Crippen molar-refractivity contribution in [3.8, 4) is 0 Å². The average molecular weight is 304 g/mol. The van der Waals surface area contributed by atoms with Crippen LogP contribution < -0.4 is 0 Å². The van der Waals surface area contributed by atoms with E-state index in [2.05, 4.69) is 0 Å². The molecule has 1 heterocycles. The summed E-state index contributed by atoms with van der Waals surface area (Å²) >= 11 is 0. The lowest BCUT2D eigenvalue weighted by molar-refractivity contribution is -0.387. The number of hydrogen-bond acceptors (Lipinski definition) is 5. The molecular weight excluding hydrogens is 291 g/mol. The Labute approximate surface area is 114 Å². The third kappa shape index (κ3) is 2.79. The average Bonchev–Trinajstić information content (AvgIpc) is 2.39. The maximum atomic E-state index is 13.2. The van der Waals surface area contributed by atoms with Crippen LogP contribution in [0.3, 0.4) is 0 Å². The van der Waals surface area contributed by atoms with E-state index in [1.54, 1.807) is 0 Å². The first-order valence-corrected chi connectivity index (χ1v) is 7.38. The molecule has 9 heteroatoms. The molecule has 1 aliphatic rings. The second-order valence-electron chi connectivity index (χ2n) is 4.51. The van der Waals surface area contributed by atoms with Crippen LogP contribution in [-0.4, -0.2) is 41.9 Å². The first kappa shape index (κ1) is 14.8. The largest absolute Gasteiger partial charge is 0.393 e. The van der Waals surface area contributed by atoms with Gasteiger partial charge in [0.05, 0.1) is 15.9 Å². The second-order valence-corrected chi connectivity index (χ2v) is 6.44. The van der Waals surface area contributed by atoms with Gasteiger partial charge in [-0.25, -0.2) is 8.42 Å². The highest BCUT2D eigenvalue weighted by Gasteiger charge is 2.30. The fraction of sp³-hybridized carbons (Fsp3) is 0.455. The fourth-order valence-electron chi connectivity index (χ4n) is 2.02. The van der Waals surface area contributed by atoms with E-state index in [9.17, 15) is 28.0 Å². The normalized spacial score (nSPS) is 18.1. The summed E-state index contributed by atoms with van der Waals surface area (Å²) in [5, 5.41) is 20.0. The predicted molar refractivity (Wildman–Crippen MR) is 67.1 cm³/mol. The van der Waals surface area contributed by atoms with Gasteiger partial charge in [0, 0.05) is 19.2 Å².